The van der Waals surface area contributed by atoms with Gasteiger partial charge in [0, 0.05) is 6.04 Å². The first-order valence-corrected chi connectivity index (χ1v) is 8.67. The Bertz CT molecular complexity index is 679. The number of benzene rings is 2. The molecule has 0 aliphatic heterocycles. The lowest BCUT2D eigenvalue weighted by Crippen LogP contribution is -2.50. The van der Waals surface area contributed by atoms with E-state index in [1.807, 2.05) is 60.7 Å². The van der Waals surface area contributed by atoms with Crippen molar-refractivity contribution < 1.29 is 9.59 Å². The molecule has 25 heavy (non-hydrogen) atoms. The molecule has 0 spiro atoms. The van der Waals surface area contributed by atoms with Crippen LogP contribution in [0.1, 0.15) is 25.7 Å². The topological polar surface area (TPSA) is 75.4 Å². The molecule has 130 valence electrons. The highest BCUT2D eigenvalue weighted by molar-refractivity contribution is 5.99. The van der Waals surface area contributed by atoms with Crippen molar-refractivity contribution in [3.63, 3.8) is 0 Å². The molecule has 1 aliphatic carbocycles. The maximum absolute atomic E-state index is 13.0. The van der Waals surface area contributed by atoms with Gasteiger partial charge in [0.05, 0.1) is 17.3 Å². The lowest BCUT2D eigenvalue weighted by molar-refractivity contribution is -0.123. The van der Waals surface area contributed by atoms with Gasteiger partial charge in [-0.15, -0.1) is 0 Å². The van der Waals surface area contributed by atoms with Crippen molar-refractivity contribution in [2.75, 3.05) is 4.90 Å². The Morgan fingerprint density at radius 2 is 1.40 bits per heavy atom. The van der Waals surface area contributed by atoms with Crippen molar-refractivity contribution in [2.45, 2.75) is 31.7 Å². The number of nitrogens with one attached hydrogen (secondary N) is 1. The number of para-hydroxylation sites is 2. The first-order valence-electron chi connectivity index (χ1n) is 8.67. The number of urea groups is 1. The molecule has 2 atom stereocenters. The number of nitrogens with zero attached hydrogens (tertiary/aromatic N) is 1. The van der Waals surface area contributed by atoms with Gasteiger partial charge in [0.1, 0.15) is 0 Å². The molecule has 0 radical (unpaired) electrons. The number of nitrogens with two attached hydrogens (primary N) is 1. The van der Waals surface area contributed by atoms with E-state index in [1.165, 1.54) is 0 Å². The molecule has 3 amide bonds. The summed E-state index contributed by atoms with van der Waals surface area (Å²) in [5, 5.41) is 3.03. The summed E-state index contributed by atoms with van der Waals surface area (Å²) in [4.78, 5) is 26.4. The molecule has 0 heterocycles. The molecule has 1 aliphatic rings. The molecule has 2 unspecified atom stereocenters. The predicted octanol–water partition coefficient (Wildman–Crippen LogP) is 3.58. The number of primary amides is 1. The van der Waals surface area contributed by atoms with Crippen LogP contribution >= 0.6 is 0 Å². The maximum Gasteiger partial charge on any atom is 0.326 e. The van der Waals surface area contributed by atoms with Gasteiger partial charge in [-0.3, -0.25) is 9.69 Å². The lowest BCUT2D eigenvalue weighted by atomic mass is 9.84. The second-order valence-corrected chi connectivity index (χ2v) is 6.36. The van der Waals surface area contributed by atoms with Gasteiger partial charge in [0.25, 0.3) is 0 Å². The van der Waals surface area contributed by atoms with E-state index in [9.17, 15) is 9.59 Å². The first-order chi connectivity index (χ1) is 12.2. The molecule has 5 heteroatoms. The number of hydrogen-bond acceptors (Lipinski definition) is 2. The maximum atomic E-state index is 13.0. The molecule has 2 aromatic rings. The minimum atomic E-state index is -0.337. The van der Waals surface area contributed by atoms with Crippen LogP contribution in [0.4, 0.5) is 16.2 Å². The smallest absolute Gasteiger partial charge is 0.326 e. The fourth-order valence-electron chi connectivity index (χ4n) is 3.41. The van der Waals surface area contributed by atoms with Gasteiger partial charge in [-0.1, -0.05) is 49.2 Å². The van der Waals surface area contributed by atoms with Gasteiger partial charge in [0.15, 0.2) is 0 Å². The van der Waals surface area contributed by atoms with Crippen LogP contribution < -0.4 is 16.0 Å². The van der Waals surface area contributed by atoms with Crippen molar-refractivity contribution in [3.05, 3.63) is 60.7 Å². The number of anilines is 2. The fourth-order valence-corrected chi connectivity index (χ4v) is 3.41. The number of amides is 3. The quantitative estimate of drug-likeness (QED) is 0.895. The zero-order valence-corrected chi connectivity index (χ0v) is 14.1. The van der Waals surface area contributed by atoms with E-state index >= 15 is 0 Å². The third-order valence-electron chi connectivity index (χ3n) is 4.67. The second-order valence-electron chi connectivity index (χ2n) is 6.36. The summed E-state index contributed by atoms with van der Waals surface area (Å²) in [6.45, 7) is 0. The van der Waals surface area contributed by atoms with E-state index in [0.717, 1.165) is 37.1 Å². The Kier molecular flexibility index (Phi) is 5.33. The zero-order chi connectivity index (χ0) is 17.6. The average Bonchev–Trinajstić information content (AvgIpc) is 2.64. The highest BCUT2D eigenvalue weighted by Gasteiger charge is 2.32. The van der Waals surface area contributed by atoms with Crippen LogP contribution in [0.15, 0.2) is 60.7 Å². The van der Waals surface area contributed by atoms with Crippen molar-refractivity contribution in [2.24, 2.45) is 11.7 Å². The predicted molar refractivity (Wildman–Crippen MR) is 98.5 cm³/mol. The van der Waals surface area contributed by atoms with Crippen LogP contribution in [0.5, 0.6) is 0 Å². The van der Waals surface area contributed by atoms with E-state index in [0.29, 0.717) is 0 Å². The highest BCUT2D eigenvalue weighted by Crippen LogP contribution is 2.28. The summed E-state index contributed by atoms with van der Waals surface area (Å²) < 4.78 is 0. The van der Waals surface area contributed by atoms with Crippen molar-refractivity contribution in [3.8, 4) is 0 Å². The Morgan fingerprint density at radius 3 is 1.92 bits per heavy atom. The lowest BCUT2D eigenvalue weighted by Gasteiger charge is -2.32. The zero-order valence-electron chi connectivity index (χ0n) is 14.1. The summed E-state index contributed by atoms with van der Waals surface area (Å²) >= 11 is 0. The monoisotopic (exact) mass is 337 g/mol. The normalized spacial score (nSPS) is 19.8. The van der Waals surface area contributed by atoms with Crippen molar-refractivity contribution >= 4 is 23.3 Å². The molecule has 0 aromatic heterocycles. The SMILES string of the molecule is NC(=O)C1CCCCC1NC(=O)N(c1ccccc1)c1ccccc1. The molecule has 0 bridgehead atoms. The highest BCUT2D eigenvalue weighted by atomic mass is 16.2. The number of hydrogen-bond donors (Lipinski definition) is 2. The standard InChI is InChI=1S/C20H23N3O2/c21-19(24)17-13-7-8-14-18(17)22-20(25)23(15-9-3-1-4-10-15)16-11-5-2-6-12-16/h1-6,9-12,17-18H,7-8,13-14H2,(H2,21,24)(H,22,25). The molecular formula is C20H23N3O2. The second kappa shape index (κ2) is 7.83. The van der Waals surface area contributed by atoms with Gasteiger partial charge >= 0.3 is 6.03 Å². The van der Waals surface area contributed by atoms with Gasteiger partial charge in [-0.05, 0) is 37.1 Å². The number of carbonyl (C=O) groups excluding carboxylic acids is 2. The van der Waals surface area contributed by atoms with Crippen LogP contribution in [0.3, 0.4) is 0 Å². The average molecular weight is 337 g/mol. The molecule has 3 rings (SSSR count). The Labute approximate surface area is 147 Å². The molecule has 0 saturated heterocycles. The third-order valence-corrected chi connectivity index (χ3v) is 4.67. The van der Waals surface area contributed by atoms with Crippen LogP contribution in [0.2, 0.25) is 0 Å². The molecule has 1 saturated carbocycles. The van der Waals surface area contributed by atoms with Crippen molar-refractivity contribution in [1.29, 1.82) is 0 Å². The largest absolute Gasteiger partial charge is 0.369 e. The summed E-state index contributed by atoms with van der Waals surface area (Å²) in [6, 6.07) is 18.5. The minimum absolute atomic E-state index is 0.214. The van der Waals surface area contributed by atoms with E-state index < -0.39 is 0 Å². The van der Waals surface area contributed by atoms with Crippen LogP contribution in [0, 0.1) is 5.92 Å². The summed E-state index contributed by atoms with van der Waals surface area (Å²) in [5.41, 5.74) is 7.08. The number of carbonyl (C=O) groups is 2. The van der Waals surface area contributed by atoms with Gasteiger partial charge < -0.3 is 11.1 Å². The van der Waals surface area contributed by atoms with E-state index in [-0.39, 0.29) is 23.9 Å². The van der Waals surface area contributed by atoms with Crippen LogP contribution in [-0.2, 0) is 4.79 Å². The van der Waals surface area contributed by atoms with E-state index in [2.05, 4.69) is 5.32 Å². The van der Waals surface area contributed by atoms with Gasteiger partial charge in [-0.2, -0.15) is 0 Å². The molecule has 2 aromatic carbocycles. The molecule has 1 fully saturated rings. The Balaban J connectivity index is 1.86. The Morgan fingerprint density at radius 1 is 0.880 bits per heavy atom. The van der Waals surface area contributed by atoms with Crippen LogP contribution in [0.25, 0.3) is 0 Å². The van der Waals surface area contributed by atoms with Crippen LogP contribution in [-0.4, -0.2) is 18.0 Å². The van der Waals surface area contributed by atoms with E-state index in [4.69, 9.17) is 5.73 Å². The first kappa shape index (κ1) is 17.0. The molecular weight excluding hydrogens is 314 g/mol. The van der Waals surface area contributed by atoms with Gasteiger partial charge in [-0.25, -0.2) is 4.79 Å². The summed E-state index contributed by atoms with van der Waals surface area (Å²) in [5.74, 6) is -0.637. The molecule has 3 N–H and O–H groups in total. The summed E-state index contributed by atoms with van der Waals surface area (Å²) in [6.07, 6.45) is 3.47. The summed E-state index contributed by atoms with van der Waals surface area (Å²) in [7, 11) is 0. The van der Waals surface area contributed by atoms with Crippen molar-refractivity contribution in [1.82, 2.24) is 5.32 Å². The minimum Gasteiger partial charge on any atom is -0.369 e. The third kappa shape index (κ3) is 3.99. The fraction of sp³-hybridized carbons (Fsp3) is 0.300. The van der Waals surface area contributed by atoms with E-state index in [1.54, 1.807) is 4.90 Å². The van der Waals surface area contributed by atoms with Gasteiger partial charge in [0.2, 0.25) is 5.91 Å². The number of rotatable bonds is 4. The molecule has 5 nitrogen and oxygen atoms in total. The Hall–Kier alpha value is -2.82.